The molecule has 1 fully saturated rings. The van der Waals surface area contributed by atoms with Crippen LogP contribution in [0, 0.1) is 6.92 Å². The minimum Gasteiger partial charge on any atom is -0.491 e. The smallest absolute Gasteiger partial charge is 0.322 e. The molecule has 1 atom stereocenters. The van der Waals surface area contributed by atoms with Crippen molar-refractivity contribution in [1.29, 1.82) is 0 Å². The molecule has 6 nitrogen and oxygen atoms in total. The van der Waals surface area contributed by atoms with Crippen LogP contribution < -0.4 is 10.1 Å². The van der Waals surface area contributed by atoms with E-state index in [2.05, 4.69) is 42.5 Å². The highest BCUT2D eigenvalue weighted by atomic mass is 16.5. The SMILES string of the molecule is CCCC(C)Oc1cccc(C=C2CCN(C(=O)Nc3cnoc3C)CC2)c1. The number of urea groups is 1. The van der Waals surface area contributed by atoms with Gasteiger partial charge in [0.05, 0.1) is 12.3 Å². The number of hydrogen-bond donors (Lipinski definition) is 1. The molecular formula is C22H29N3O3. The van der Waals surface area contributed by atoms with Crippen LogP contribution in [0.1, 0.15) is 50.9 Å². The summed E-state index contributed by atoms with van der Waals surface area (Å²) in [5.74, 6) is 1.53. The largest absolute Gasteiger partial charge is 0.491 e. The number of amides is 2. The number of aromatic nitrogens is 1. The zero-order valence-corrected chi connectivity index (χ0v) is 16.9. The van der Waals surface area contributed by atoms with Crippen LogP contribution in [0.15, 0.2) is 40.6 Å². The Hall–Kier alpha value is -2.76. The summed E-state index contributed by atoms with van der Waals surface area (Å²) in [5.41, 5.74) is 3.12. The first kappa shape index (κ1) is 20.0. The average Bonchev–Trinajstić information content (AvgIpc) is 3.07. The van der Waals surface area contributed by atoms with E-state index in [1.165, 1.54) is 11.8 Å². The first-order valence-corrected chi connectivity index (χ1v) is 9.98. The Bertz CT molecular complexity index is 818. The number of carbonyl (C=O) groups excluding carboxylic acids is 1. The van der Waals surface area contributed by atoms with Gasteiger partial charge in [-0.1, -0.05) is 42.3 Å². The number of aryl methyl sites for hydroxylation is 1. The van der Waals surface area contributed by atoms with Gasteiger partial charge in [0.25, 0.3) is 0 Å². The molecule has 1 N–H and O–H groups in total. The van der Waals surface area contributed by atoms with Crippen molar-refractivity contribution in [3.05, 3.63) is 47.4 Å². The molecule has 28 heavy (non-hydrogen) atoms. The monoisotopic (exact) mass is 383 g/mol. The van der Waals surface area contributed by atoms with Crippen LogP contribution >= 0.6 is 0 Å². The van der Waals surface area contributed by atoms with Crippen molar-refractivity contribution >= 4 is 17.8 Å². The fourth-order valence-electron chi connectivity index (χ4n) is 3.37. The second-order valence-electron chi connectivity index (χ2n) is 7.31. The van der Waals surface area contributed by atoms with Crippen LogP contribution in [-0.4, -0.2) is 35.3 Å². The predicted octanol–water partition coefficient (Wildman–Crippen LogP) is 5.26. The molecule has 3 rings (SSSR count). The molecule has 0 radical (unpaired) electrons. The number of carbonyl (C=O) groups is 1. The van der Waals surface area contributed by atoms with Gasteiger partial charge in [0.2, 0.25) is 0 Å². The van der Waals surface area contributed by atoms with Gasteiger partial charge >= 0.3 is 6.03 Å². The van der Waals surface area contributed by atoms with E-state index in [9.17, 15) is 4.79 Å². The molecule has 0 spiro atoms. The maximum absolute atomic E-state index is 12.4. The maximum Gasteiger partial charge on any atom is 0.322 e. The molecular weight excluding hydrogens is 354 g/mol. The molecule has 0 aliphatic carbocycles. The summed E-state index contributed by atoms with van der Waals surface area (Å²) in [6.07, 6.45) is 7.88. The van der Waals surface area contributed by atoms with Crippen LogP contribution in [-0.2, 0) is 0 Å². The van der Waals surface area contributed by atoms with E-state index in [0.717, 1.165) is 37.0 Å². The first-order chi connectivity index (χ1) is 13.5. The quantitative estimate of drug-likeness (QED) is 0.739. The lowest BCUT2D eigenvalue weighted by Gasteiger charge is -2.28. The Morgan fingerprint density at radius 3 is 2.86 bits per heavy atom. The number of likely N-dealkylation sites (tertiary alicyclic amines) is 1. The van der Waals surface area contributed by atoms with Gasteiger partial charge in [0.15, 0.2) is 5.76 Å². The second kappa shape index (κ2) is 9.44. The third-order valence-electron chi connectivity index (χ3n) is 4.95. The zero-order chi connectivity index (χ0) is 19.9. The maximum atomic E-state index is 12.4. The Balaban J connectivity index is 1.55. The van der Waals surface area contributed by atoms with Gasteiger partial charge in [-0.05, 0) is 50.8 Å². The molecule has 1 aromatic carbocycles. The van der Waals surface area contributed by atoms with E-state index >= 15 is 0 Å². The highest BCUT2D eigenvalue weighted by Crippen LogP contribution is 2.23. The fourth-order valence-corrected chi connectivity index (χ4v) is 3.37. The molecule has 150 valence electrons. The predicted molar refractivity (Wildman–Crippen MR) is 110 cm³/mol. The minimum atomic E-state index is -0.106. The number of piperidine rings is 1. The molecule has 6 heteroatoms. The van der Waals surface area contributed by atoms with Crippen LogP contribution in [0.25, 0.3) is 6.08 Å². The normalized spacial score (nSPS) is 15.2. The van der Waals surface area contributed by atoms with Gasteiger partial charge in [0.1, 0.15) is 11.4 Å². The van der Waals surface area contributed by atoms with Crippen molar-refractivity contribution in [2.45, 2.75) is 52.6 Å². The molecule has 0 saturated carbocycles. The Morgan fingerprint density at radius 1 is 1.39 bits per heavy atom. The number of rotatable bonds is 6. The minimum absolute atomic E-state index is 0.106. The van der Waals surface area contributed by atoms with Gasteiger partial charge in [-0.2, -0.15) is 0 Å². The third kappa shape index (κ3) is 5.38. The van der Waals surface area contributed by atoms with Crippen molar-refractivity contribution in [3.8, 4) is 5.75 Å². The number of ether oxygens (including phenoxy) is 1. The molecule has 0 bridgehead atoms. The molecule has 2 aromatic rings. The molecule has 2 amide bonds. The molecule has 1 aliphatic heterocycles. The molecule has 2 heterocycles. The molecule has 1 saturated heterocycles. The summed E-state index contributed by atoms with van der Waals surface area (Å²) < 4.78 is 11.0. The summed E-state index contributed by atoms with van der Waals surface area (Å²) in [5, 5.41) is 6.54. The number of anilines is 1. The van der Waals surface area contributed by atoms with Crippen LogP contribution in [0.3, 0.4) is 0 Å². The van der Waals surface area contributed by atoms with E-state index < -0.39 is 0 Å². The van der Waals surface area contributed by atoms with Crippen molar-refractivity contribution in [1.82, 2.24) is 10.1 Å². The van der Waals surface area contributed by atoms with Gasteiger partial charge in [-0.3, -0.25) is 0 Å². The first-order valence-electron chi connectivity index (χ1n) is 9.98. The lowest BCUT2D eigenvalue weighted by molar-refractivity contribution is 0.207. The van der Waals surface area contributed by atoms with E-state index in [1.54, 1.807) is 6.92 Å². The average molecular weight is 383 g/mol. The van der Waals surface area contributed by atoms with Crippen molar-refractivity contribution < 1.29 is 14.1 Å². The lowest BCUT2D eigenvalue weighted by atomic mass is 10.0. The summed E-state index contributed by atoms with van der Waals surface area (Å²) >= 11 is 0. The third-order valence-corrected chi connectivity index (χ3v) is 4.95. The van der Waals surface area contributed by atoms with Crippen molar-refractivity contribution in [2.75, 3.05) is 18.4 Å². The van der Waals surface area contributed by atoms with Crippen molar-refractivity contribution in [3.63, 3.8) is 0 Å². The van der Waals surface area contributed by atoms with Gasteiger partial charge in [-0.25, -0.2) is 4.79 Å². The fraction of sp³-hybridized carbons (Fsp3) is 0.455. The topological polar surface area (TPSA) is 67.6 Å². The molecule has 1 aliphatic rings. The Labute approximate surface area is 166 Å². The second-order valence-corrected chi connectivity index (χ2v) is 7.31. The molecule has 1 unspecified atom stereocenters. The van der Waals surface area contributed by atoms with Gasteiger partial charge < -0.3 is 19.5 Å². The molecule has 1 aromatic heterocycles. The standard InChI is InChI=1S/C22H29N3O3/c1-4-6-16(2)27-20-8-5-7-19(14-20)13-18-9-11-25(12-10-18)22(26)24-21-15-23-28-17(21)3/h5,7-8,13-16H,4,6,9-12H2,1-3H3,(H,24,26). The summed E-state index contributed by atoms with van der Waals surface area (Å²) in [6.45, 7) is 7.45. The number of nitrogens with zero attached hydrogens (tertiary/aromatic N) is 2. The zero-order valence-electron chi connectivity index (χ0n) is 16.9. The highest BCUT2D eigenvalue weighted by Gasteiger charge is 2.20. The van der Waals surface area contributed by atoms with Crippen molar-refractivity contribution in [2.24, 2.45) is 0 Å². The Kier molecular flexibility index (Phi) is 6.74. The van der Waals surface area contributed by atoms with Crippen LogP contribution in [0.2, 0.25) is 0 Å². The number of benzene rings is 1. The summed E-state index contributed by atoms with van der Waals surface area (Å²) in [4.78, 5) is 14.2. The number of hydrogen-bond acceptors (Lipinski definition) is 4. The van der Waals surface area contributed by atoms with E-state index in [0.29, 0.717) is 24.5 Å². The van der Waals surface area contributed by atoms with Crippen LogP contribution in [0.4, 0.5) is 10.5 Å². The summed E-state index contributed by atoms with van der Waals surface area (Å²) in [6, 6.07) is 8.12. The van der Waals surface area contributed by atoms with E-state index in [1.807, 2.05) is 17.0 Å². The lowest BCUT2D eigenvalue weighted by Crippen LogP contribution is -2.39. The summed E-state index contributed by atoms with van der Waals surface area (Å²) in [7, 11) is 0. The highest BCUT2D eigenvalue weighted by molar-refractivity contribution is 5.89. The van der Waals surface area contributed by atoms with E-state index in [-0.39, 0.29) is 12.1 Å². The van der Waals surface area contributed by atoms with Crippen LogP contribution in [0.5, 0.6) is 5.75 Å². The Morgan fingerprint density at radius 2 is 2.18 bits per heavy atom. The van der Waals surface area contributed by atoms with Gasteiger partial charge in [0, 0.05) is 13.1 Å². The van der Waals surface area contributed by atoms with E-state index in [4.69, 9.17) is 9.26 Å². The number of nitrogens with one attached hydrogen (secondary N) is 1. The van der Waals surface area contributed by atoms with Gasteiger partial charge in [-0.15, -0.1) is 0 Å².